The number of nitrogens with zero attached hydrogens (tertiary/aromatic N) is 2. The third-order valence-corrected chi connectivity index (χ3v) is 6.18. The summed E-state index contributed by atoms with van der Waals surface area (Å²) >= 11 is 1.76. The zero-order valence-corrected chi connectivity index (χ0v) is 18.0. The van der Waals surface area contributed by atoms with Crippen molar-refractivity contribution in [1.82, 2.24) is 0 Å². The Morgan fingerprint density at radius 2 is 1.67 bits per heavy atom. The zero-order chi connectivity index (χ0) is 21.1. The number of carbonyl (C=O) groups is 1. The molecule has 0 radical (unpaired) electrons. The molecule has 150 valence electrons. The van der Waals surface area contributed by atoms with Gasteiger partial charge in [0, 0.05) is 24.1 Å². The number of hydrogen-bond donors (Lipinski definition) is 0. The maximum Gasteiger partial charge on any atom is 0.337 e. The fourth-order valence-corrected chi connectivity index (χ4v) is 4.40. The van der Waals surface area contributed by atoms with E-state index >= 15 is 0 Å². The molecule has 4 rings (SSSR count). The minimum absolute atomic E-state index is 0.331. The van der Waals surface area contributed by atoms with Crippen LogP contribution in [0.2, 0.25) is 0 Å². The summed E-state index contributed by atoms with van der Waals surface area (Å²) < 4.78 is 6.83. The minimum atomic E-state index is -0.331. The smallest absolute Gasteiger partial charge is 0.337 e. The maximum absolute atomic E-state index is 11.8. The first kappa shape index (κ1) is 20.0. The van der Waals surface area contributed by atoms with Crippen molar-refractivity contribution in [1.29, 1.82) is 0 Å². The fourth-order valence-electron chi connectivity index (χ4n) is 3.29. The number of benzene rings is 2. The van der Waals surface area contributed by atoms with E-state index in [4.69, 9.17) is 4.74 Å². The van der Waals surface area contributed by atoms with Crippen LogP contribution in [0, 0.1) is 0 Å². The summed E-state index contributed by atoms with van der Waals surface area (Å²) in [5, 5.41) is 1.15. The van der Waals surface area contributed by atoms with Crippen molar-refractivity contribution in [2.24, 2.45) is 7.05 Å². The van der Waals surface area contributed by atoms with Gasteiger partial charge in [0.15, 0.2) is 12.4 Å². The molecule has 0 N–H and O–H groups in total. The number of rotatable bonds is 4. The second kappa shape index (κ2) is 8.59. The van der Waals surface area contributed by atoms with E-state index in [1.807, 2.05) is 36.1 Å². The fraction of sp³-hybridized carbons (Fsp3) is 0.120. The van der Waals surface area contributed by atoms with Gasteiger partial charge in [0.2, 0.25) is 0 Å². The van der Waals surface area contributed by atoms with E-state index in [0.717, 1.165) is 21.7 Å². The number of methoxy groups -OCH3 is 1. The maximum atomic E-state index is 11.8. The van der Waals surface area contributed by atoms with E-state index in [0.29, 0.717) is 5.56 Å². The Hall–Kier alpha value is -3.31. The van der Waals surface area contributed by atoms with Crippen molar-refractivity contribution >= 4 is 35.1 Å². The molecule has 0 saturated heterocycles. The zero-order valence-electron chi connectivity index (χ0n) is 17.2. The molecule has 1 aromatic heterocycles. The van der Waals surface area contributed by atoms with E-state index in [2.05, 4.69) is 60.5 Å². The minimum Gasteiger partial charge on any atom is -0.465 e. The molecule has 30 heavy (non-hydrogen) atoms. The number of fused-ring (bicyclic) bond motifs is 1. The lowest BCUT2D eigenvalue weighted by molar-refractivity contribution is -0.671. The summed E-state index contributed by atoms with van der Waals surface area (Å²) in [5.74, 6) is -0.331. The number of para-hydroxylation sites is 1. The lowest BCUT2D eigenvalue weighted by atomic mass is 10.0. The summed E-state index contributed by atoms with van der Waals surface area (Å²) in [7, 11) is 5.49. The van der Waals surface area contributed by atoms with Crippen LogP contribution in [0.5, 0.6) is 0 Å². The van der Waals surface area contributed by atoms with Crippen LogP contribution in [0.4, 0.5) is 5.69 Å². The number of anilines is 1. The molecule has 0 aliphatic carbocycles. The van der Waals surface area contributed by atoms with Crippen LogP contribution >= 0.6 is 11.8 Å². The summed E-state index contributed by atoms with van der Waals surface area (Å²) in [6, 6.07) is 20.1. The van der Waals surface area contributed by atoms with Crippen LogP contribution in [0.15, 0.2) is 89.1 Å². The average Bonchev–Trinajstić information content (AvgIpc) is 3.10. The summed E-state index contributed by atoms with van der Waals surface area (Å²) in [4.78, 5) is 15.3. The number of aryl methyl sites for hydroxylation is 1. The number of pyridine rings is 1. The van der Waals surface area contributed by atoms with Gasteiger partial charge >= 0.3 is 5.97 Å². The summed E-state index contributed by atoms with van der Waals surface area (Å²) in [5.41, 5.74) is 4.97. The number of ether oxygens (including phenoxy) is 1. The van der Waals surface area contributed by atoms with Gasteiger partial charge < -0.3 is 9.64 Å². The molecule has 0 atom stereocenters. The Labute approximate surface area is 181 Å². The van der Waals surface area contributed by atoms with Gasteiger partial charge in [0.25, 0.3) is 0 Å². The first-order chi connectivity index (χ1) is 14.5. The van der Waals surface area contributed by atoms with Crippen molar-refractivity contribution in [2.75, 3.05) is 19.1 Å². The molecule has 2 heterocycles. The van der Waals surface area contributed by atoms with Crippen LogP contribution in [-0.2, 0) is 11.8 Å². The standard InChI is InChI=1S/C25H23N2O2S/c1-26-14-12-18(13-15-26)16-21(19-8-10-20(11-9-19)25(28)29-3)17-24-27(2)22-6-4-5-7-23(22)30-24/h4-17H,1-3H3/q+1. The molecule has 0 spiro atoms. The van der Waals surface area contributed by atoms with Gasteiger partial charge in [0.1, 0.15) is 7.05 Å². The van der Waals surface area contributed by atoms with Crippen molar-refractivity contribution in [3.8, 4) is 0 Å². The average molecular weight is 416 g/mol. The van der Waals surface area contributed by atoms with Gasteiger partial charge in [0.05, 0.1) is 23.4 Å². The second-order valence-corrected chi connectivity index (χ2v) is 8.14. The van der Waals surface area contributed by atoms with Crippen LogP contribution < -0.4 is 9.47 Å². The number of hydrogen-bond acceptors (Lipinski definition) is 4. The molecule has 2 aromatic carbocycles. The van der Waals surface area contributed by atoms with Crippen LogP contribution in [0.3, 0.4) is 0 Å². The SMILES string of the molecule is COC(=O)c1ccc(C(=C\c2cc[n+](C)cc2)/C=C2/Sc3ccccc3N2C)cc1. The van der Waals surface area contributed by atoms with Crippen molar-refractivity contribution in [3.63, 3.8) is 0 Å². The van der Waals surface area contributed by atoms with E-state index in [1.165, 1.54) is 17.7 Å². The summed E-state index contributed by atoms with van der Waals surface area (Å²) in [6.45, 7) is 0. The van der Waals surface area contributed by atoms with Crippen LogP contribution in [0.1, 0.15) is 21.5 Å². The highest BCUT2D eigenvalue weighted by atomic mass is 32.2. The van der Waals surface area contributed by atoms with Gasteiger partial charge in [-0.15, -0.1) is 0 Å². The predicted molar refractivity (Wildman–Crippen MR) is 122 cm³/mol. The summed E-state index contributed by atoms with van der Waals surface area (Å²) in [6.07, 6.45) is 8.43. The van der Waals surface area contributed by atoms with E-state index in [1.54, 1.807) is 23.9 Å². The monoisotopic (exact) mass is 415 g/mol. The highest BCUT2D eigenvalue weighted by Gasteiger charge is 2.21. The van der Waals surface area contributed by atoms with E-state index < -0.39 is 0 Å². The molecule has 1 aliphatic heterocycles. The Bertz CT molecular complexity index is 1130. The number of carbonyl (C=O) groups excluding carboxylic acids is 1. The second-order valence-electron chi connectivity index (χ2n) is 7.08. The molecule has 4 nitrogen and oxygen atoms in total. The predicted octanol–water partition coefficient (Wildman–Crippen LogP) is 4.92. The lowest BCUT2D eigenvalue weighted by Gasteiger charge is -2.14. The van der Waals surface area contributed by atoms with Gasteiger partial charge in [-0.3, -0.25) is 0 Å². The first-order valence-corrected chi connectivity index (χ1v) is 10.4. The molecule has 1 aliphatic rings. The van der Waals surface area contributed by atoms with Crippen LogP contribution in [0.25, 0.3) is 11.6 Å². The number of allylic oxidation sites excluding steroid dienone is 2. The Kier molecular flexibility index (Phi) is 5.72. The normalized spacial score (nSPS) is 14.7. The molecule has 5 heteroatoms. The molecule has 3 aromatic rings. The van der Waals surface area contributed by atoms with Crippen molar-refractivity contribution < 1.29 is 14.1 Å². The Balaban J connectivity index is 1.75. The van der Waals surface area contributed by atoms with E-state index in [9.17, 15) is 4.79 Å². The molecule has 0 fully saturated rings. The molecule has 0 saturated carbocycles. The lowest BCUT2D eigenvalue weighted by Crippen LogP contribution is -2.25. The first-order valence-electron chi connectivity index (χ1n) is 9.63. The largest absolute Gasteiger partial charge is 0.465 e. The highest BCUT2D eigenvalue weighted by Crippen LogP contribution is 2.45. The molecular weight excluding hydrogens is 392 g/mol. The van der Waals surface area contributed by atoms with Crippen molar-refractivity contribution in [2.45, 2.75) is 4.90 Å². The van der Waals surface area contributed by atoms with Crippen LogP contribution in [-0.4, -0.2) is 20.1 Å². The van der Waals surface area contributed by atoms with Crippen molar-refractivity contribution in [3.05, 3.63) is 101 Å². The third-order valence-electron chi connectivity index (χ3n) is 5.02. The molecule has 0 amide bonds. The number of esters is 1. The third kappa shape index (κ3) is 4.16. The number of thioether (sulfide) groups is 1. The molecule has 0 bridgehead atoms. The molecular formula is C25H23N2O2S+. The van der Waals surface area contributed by atoms with Gasteiger partial charge in [-0.25, -0.2) is 9.36 Å². The van der Waals surface area contributed by atoms with Gasteiger partial charge in [-0.1, -0.05) is 36.0 Å². The van der Waals surface area contributed by atoms with Gasteiger partial charge in [-0.05, 0) is 53.1 Å². The Morgan fingerprint density at radius 1 is 1.00 bits per heavy atom. The quantitative estimate of drug-likeness (QED) is 0.447. The Morgan fingerprint density at radius 3 is 2.33 bits per heavy atom. The topological polar surface area (TPSA) is 33.4 Å². The molecule has 0 unspecified atom stereocenters. The number of aromatic nitrogens is 1. The van der Waals surface area contributed by atoms with Gasteiger partial charge in [-0.2, -0.15) is 0 Å². The highest BCUT2D eigenvalue weighted by molar-refractivity contribution is 8.03. The van der Waals surface area contributed by atoms with E-state index in [-0.39, 0.29) is 5.97 Å².